The van der Waals surface area contributed by atoms with E-state index in [9.17, 15) is 19.2 Å². The van der Waals surface area contributed by atoms with Gasteiger partial charge in [0.05, 0.1) is 21.5 Å². The highest BCUT2D eigenvalue weighted by Crippen LogP contribution is 2.17. The molecule has 0 saturated heterocycles. The van der Waals surface area contributed by atoms with Gasteiger partial charge in [0.15, 0.2) is 0 Å². The maximum absolute atomic E-state index is 12.9. The SMILES string of the molecule is CO[SiH](CCCn1c(=O)c2cc3c(=O)n(CCC[Si](OC)(OC)OC)c(=O)c3cc2c1=O)OC. The fourth-order valence-corrected chi connectivity index (χ4v) is 7.12. The molecule has 0 unspecified atom stereocenters. The summed E-state index contributed by atoms with van der Waals surface area (Å²) in [5.41, 5.74) is -1.92. The number of benzene rings is 1. The van der Waals surface area contributed by atoms with E-state index in [2.05, 4.69) is 0 Å². The Hall–Kier alpha value is -2.27. The van der Waals surface area contributed by atoms with E-state index in [4.69, 9.17) is 22.1 Å². The molecule has 2 aromatic heterocycles. The topological polar surface area (TPSA) is 124 Å². The highest BCUT2D eigenvalue weighted by Gasteiger charge is 2.37. The van der Waals surface area contributed by atoms with Crippen molar-refractivity contribution in [3.8, 4) is 0 Å². The second-order valence-corrected chi connectivity index (χ2v) is 13.4. The fourth-order valence-electron chi connectivity index (χ4n) is 4.24. The molecule has 1 aromatic carbocycles. The third-order valence-corrected chi connectivity index (χ3v) is 11.0. The zero-order chi connectivity index (χ0) is 25.0. The lowest BCUT2D eigenvalue weighted by molar-refractivity contribution is 0.122. The number of nitrogens with zero attached hydrogens (tertiary/aromatic N) is 2. The summed E-state index contributed by atoms with van der Waals surface area (Å²) in [5, 5.41) is 0.547. The highest BCUT2D eigenvalue weighted by molar-refractivity contribution is 6.60. The Labute approximate surface area is 198 Å². The molecule has 34 heavy (non-hydrogen) atoms. The first-order chi connectivity index (χ1) is 16.3. The first kappa shape index (κ1) is 26.3. The maximum Gasteiger partial charge on any atom is 0.500 e. The number of hydrogen-bond acceptors (Lipinski definition) is 9. The van der Waals surface area contributed by atoms with Crippen LogP contribution in [0.2, 0.25) is 12.1 Å². The van der Waals surface area contributed by atoms with Gasteiger partial charge in [-0.25, -0.2) is 0 Å². The molecule has 3 rings (SSSR count). The van der Waals surface area contributed by atoms with E-state index < -0.39 is 40.3 Å². The van der Waals surface area contributed by atoms with E-state index >= 15 is 0 Å². The summed E-state index contributed by atoms with van der Waals surface area (Å²) in [7, 11) is 3.01. The highest BCUT2D eigenvalue weighted by atomic mass is 28.4. The molecule has 0 aliphatic rings. The van der Waals surface area contributed by atoms with Crippen LogP contribution in [-0.2, 0) is 35.2 Å². The summed E-state index contributed by atoms with van der Waals surface area (Å²) in [5.74, 6) is 0. The van der Waals surface area contributed by atoms with E-state index in [1.54, 1.807) is 14.2 Å². The van der Waals surface area contributed by atoms with Crippen molar-refractivity contribution in [2.24, 2.45) is 0 Å². The summed E-state index contributed by atoms with van der Waals surface area (Å²) in [4.78, 5) is 51.6. The van der Waals surface area contributed by atoms with Crippen molar-refractivity contribution in [1.29, 1.82) is 0 Å². The number of hydrogen-bond donors (Lipinski definition) is 0. The van der Waals surface area contributed by atoms with E-state index in [0.29, 0.717) is 24.9 Å². The van der Waals surface area contributed by atoms with E-state index in [-0.39, 0.29) is 34.6 Å². The van der Waals surface area contributed by atoms with E-state index in [0.717, 1.165) is 9.13 Å². The Kier molecular flexibility index (Phi) is 8.51. The molecule has 3 aromatic rings. The lowest BCUT2D eigenvalue weighted by Gasteiger charge is -2.24. The van der Waals surface area contributed by atoms with Gasteiger partial charge in [0.2, 0.25) is 0 Å². The van der Waals surface area contributed by atoms with Crippen LogP contribution < -0.4 is 22.2 Å². The Morgan fingerprint density at radius 2 is 1.06 bits per heavy atom. The number of rotatable bonds is 13. The summed E-state index contributed by atoms with van der Waals surface area (Å²) in [6.07, 6.45) is 0.969. The Morgan fingerprint density at radius 1 is 0.676 bits per heavy atom. The zero-order valence-electron chi connectivity index (χ0n) is 20.0. The summed E-state index contributed by atoms with van der Waals surface area (Å²) < 4.78 is 28.9. The van der Waals surface area contributed by atoms with Gasteiger partial charge in [-0.15, -0.1) is 0 Å². The first-order valence-electron chi connectivity index (χ1n) is 10.9. The van der Waals surface area contributed by atoms with Crippen LogP contribution in [0.1, 0.15) is 12.8 Å². The Balaban J connectivity index is 1.92. The first-order valence-corrected chi connectivity index (χ1v) is 14.6. The predicted molar refractivity (Wildman–Crippen MR) is 132 cm³/mol. The minimum Gasteiger partial charge on any atom is -0.400 e. The van der Waals surface area contributed by atoms with Crippen LogP contribution in [0.5, 0.6) is 0 Å². The van der Waals surface area contributed by atoms with Crippen LogP contribution in [0.4, 0.5) is 0 Å². The van der Waals surface area contributed by atoms with Gasteiger partial charge < -0.3 is 22.1 Å². The van der Waals surface area contributed by atoms with Crippen molar-refractivity contribution in [2.75, 3.05) is 35.5 Å². The van der Waals surface area contributed by atoms with Crippen LogP contribution in [0.3, 0.4) is 0 Å². The average molecular weight is 511 g/mol. The van der Waals surface area contributed by atoms with E-state index in [1.165, 1.54) is 33.5 Å². The lowest BCUT2D eigenvalue weighted by Crippen LogP contribution is -2.43. The van der Waals surface area contributed by atoms with Crippen molar-refractivity contribution in [1.82, 2.24) is 9.13 Å². The minimum atomic E-state index is -2.83. The summed E-state index contributed by atoms with van der Waals surface area (Å²) >= 11 is 0. The quantitative estimate of drug-likeness (QED) is 0.294. The fraction of sp³-hybridized carbons (Fsp3) is 0.524. The monoisotopic (exact) mass is 510 g/mol. The molecule has 0 saturated carbocycles. The molecule has 13 heteroatoms. The van der Waals surface area contributed by atoms with Gasteiger partial charge in [-0.05, 0) is 31.0 Å². The molecule has 2 heterocycles. The van der Waals surface area contributed by atoms with Crippen LogP contribution in [0.25, 0.3) is 21.5 Å². The Morgan fingerprint density at radius 3 is 1.41 bits per heavy atom. The van der Waals surface area contributed by atoms with Crippen LogP contribution in [-0.4, -0.2) is 62.8 Å². The van der Waals surface area contributed by atoms with Gasteiger partial charge in [-0.3, -0.25) is 28.3 Å². The van der Waals surface area contributed by atoms with Crippen molar-refractivity contribution in [3.63, 3.8) is 0 Å². The molecule has 0 atom stereocenters. The largest absolute Gasteiger partial charge is 0.500 e. The minimum absolute atomic E-state index is 0.131. The predicted octanol–water partition coefficient (Wildman–Crippen LogP) is 0.0840. The van der Waals surface area contributed by atoms with E-state index in [1.807, 2.05) is 0 Å². The number of fused-ring (bicyclic) bond motifs is 2. The van der Waals surface area contributed by atoms with Crippen LogP contribution in [0, 0.1) is 0 Å². The molecule has 11 nitrogen and oxygen atoms in total. The zero-order valence-corrected chi connectivity index (χ0v) is 22.2. The second-order valence-electron chi connectivity index (χ2n) is 7.91. The van der Waals surface area contributed by atoms with Crippen LogP contribution in [0.15, 0.2) is 31.3 Å². The molecule has 0 aliphatic carbocycles. The van der Waals surface area contributed by atoms with Crippen molar-refractivity contribution in [3.05, 3.63) is 53.5 Å². The molecule has 0 amide bonds. The smallest absolute Gasteiger partial charge is 0.400 e. The van der Waals surface area contributed by atoms with Crippen molar-refractivity contribution >= 4 is 39.6 Å². The van der Waals surface area contributed by atoms with Crippen molar-refractivity contribution < 1.29 is 22.1 Å². The molecule has 0 aliphatic heterocycles. The third kappa shape index (κ3) is 4.77. The second kappa shape index (κ2) is 11.0. The maximum atomic E-state index is 12.9. The Bertz CT molecular complexity index is 1260. The molecular formula is C21H30N2O9Si2. The third-order valence-electron chi connectivity index (χ3n) is 6.20. The number of aromatic nitrogens is 2. The van der Waals surface area contributed by atoms with Gasteiger partial charge in [-0.1, -0.05) is 0 Å². The molecule has 0 N–H and O–H groups in total. The van der Waals surface area contributed by atoms with Gasteiger partial charge in [-0.2, -0.15) is 0 Å². The normalized spacial score (nSPS) is 12.5. The average Bonchev–Trinajstić information content (AvgIpc) is 3.23. The standard InChI is InChI=1S/C21H30N2O9Si2/c1-28-33(29-2)10-6-8-22-18(24)14-12-16-17(13-15(14)19(22)25)21(27)23(20(16)26)9-7-11-34(30-3,31-4)32-5/h12-13,33H,6-11H2,1-5H3. The van der Waals surface area contributed by atoms with Crippen molar-refractivity contribution in [2.45, 2.75) is 38.0 Å². The van der Waals surface area contributed by atoms with Gasteiger partial charge in [0.25, 0.3) is 22.2 Å². The lowest BCUT2D eigenvalue weighted by atomic mass is 10.1. The van der Waals surface area contributed by atoms with Gasteiger partial charge in [0.1, 0.15) is 0 Å². The van der Waals surface area contributed by atoms with Crippen LogP contribution >= 0.6 is 0 Å². The molecule has 186 valence electrons. The molecule has 0 radical (unpaired) electrons. The van der Waals surface area contributed by atoms with Gasteiger partial charge >= 0.3 is 18.1 Å². The molecular weight excluding hydrogens is 480 g/mol. The summed E-state index contributed by atoms with van der Waals surface area (Å²) in [6.45, 7) is 0.352. The molecule has 0 fully saturated rings. The summed E-state index contributed by atoms with van der Waals surface area (Å²) in [6, 6.07) is 3.79. The molecule has 0 bridgehead atoms. The molecule has 0 spiro atoms. The van der Waals surface area contributed by atoms with Gasteiger partial charge in [0, 0.05) is 54.7 Å².